The van der Waals surface area contributed by atoms with Gasteiger partial charge in [-0.3, -0.25) is 19.7 Å². The highest BCUT2D eigenvalue weighted by molar-refractivity contribution is 7.99. The van der Waals surface area contributed by atoms with Crippen LogP contribution in [0.1, 0.15) is 12.5 Å². The number of amides is 2. The lowest BCUT2D eigenvalue weighted by atomic mass is 10.1. The van der Waals surface area contributed by atoms with E-state index in [1.807, 2.05) is 0 Å². The third-order valence-corrected chi connectivity index (χ3v) is 5.96. The zero-order valence-corrected chi connectivity index (χ0v) is 17.4. The molecule has 1 aliphatic heterocycles. The van der Waals surface area contributed by atoms with Gasteiger partial charge in [0.1, 0.15) is 0 Å². The molecule has 0 spiro atoms. The van der Waals surface area contributed by atoms with Gasteiger partial charge in [-0.25, -0.2) is 0 Å². The molecule has 3 rings (SSSR count). The number of nitrogens with zero attached hydrogens (tertiary/aromatic N) is 3. The predicted octanol–water partition coefficient (Wildman–Crippen LogP) is 3.03. The van der Waals surface area contributed by atoms with Crippen molar-refractivity contribution in [1.82, 2.24) is 9.80 Å². The average Bonchev–Trinajstić information content (AvgIpc) is 2.74. The number of piperazine rings is 1. The van der Waals surface area contributed by atoms with Crippen molar-refractivity contribution in [3.63, 3.8) is 0 Å². The van der Waals surface area contributed by atoms with Crippen molar-refractivity contribution in [3.8, 4) is 0 Å². The summed E-state index contributed by atoms with van der Waals surface area (Å²) in [5.74, 6) is -0.308. The number of carbonyl (C=O) groups excluding carboxylic acids is 2. The molecule has 1 fully saturated rings. The van der Waals surface area contributed by atoms with Gasteiger partial charge in [-0.1, -0.05) is 24.4 Å². The Hall–Kier alpha value is -3.33. The summed E-state index contributed by atoms with van der Waals surface area (Å²) in [6.45, 7) is 7.11. The van der Waals surface area contributed by atoms with E-state index in [1.165, 1.54) is 24.8 Å². The van der Waals surface area contributed by atoms with Gasteiger partial charge in [0.25, 0.3) is 11.6 Å². The number of benzene rings is 2. The minimum absolute atomic E-state index is 0.0225. The number of hydrogen-bond acceptors (Lipinski definition) is 6. The molecule has 2 N–H and O–H groups in total. The Morgan fingerprint density at radius 3 is 2.23 bits per heavy atom. The van der Waals surface area contributed by atoms with E-state index in [2.05, 4.69) is 6.58 Å². The Morgan fingerprint density at radius 1 is 1.07 bits per heavy atom. The van der Waals surface area contributed by atoms with E-state index in [-0.39, 0.29) is 23.1 Å². The summed E-state index contributed by atoms with van der Waals surface area (Å²) < 4.78 is 0. The molecule has 1 saturated heterocycles. The summed E-state index contributed by atoms with van der Waals surface area (Å²) in [4.78, 5) is 40.0. The lowest BCUT2D eigenvalue weighted by Gasteiger charge is -2.34. The Bertz CT molecular complexity index is 999. The number of rotatable bonds is 5. The molecule has 2 amide bonds. The van der Waals surface area contributed by atoms with Crippen molar-refractivity contribution in [3.05, 3.63) is 64.7 Å². The van der Waals surface area contributed by atoms with Crippen LogP contribution in [-0.2, 0) is 9.59 Å². The van der Waals surface area contributed by atoms with Crippen LogP contribution >= 0.6 is 11.8 Å². The number of anilines is 1. The van der Waals surface area contributed by atoms with E-state index in [9.17, 15) is 19.7 Å². The standard InChI is InChI=1S/C21H22N4O4S/c1-14(21(27)24-11-9-23(10-12-24)15(2)26)16-3-8-20(19(13-16)25(28)29)30-18-6-4-17(22)5-7-18/h3-8,13H,1,9-12,22H2,2H3. The fraction of sp³-hybridized carbons (Fsp3) is 0.238. The Balaban J connectivity index is 1.77. The molecule has 1 aliphatic rings. The number of nitrogens with two attached hydrogens (primary N) is 1. The van der Waals surface area contributed by atoms with Gasteiger partial charge in [0.15, 0.2) is 0 Å². The predicted molar refractivity (Wildman–Crippen MR) is 116 cm³/mol. The number of nitro groups is 1. The van der Waals surface area contributed by atoms with Gasteiger partial charge in [-0.05, 0) is 35.9 Å². The van der Waals surface area contributed by atoms with E-state index in [1.54, 1.807) is 46.2 Å². The van der Waals surface area contributed by atoms with E-state index in [4.69, 9.17) is 5.73 Å². The molecule has 156 valence electrons. The van der Waals surface area contributed by atoms with Crippen LogP contribution in [0, 0.1) is 10.1 Å². The van der Waals surface area contributed by atoms with Crippen LogP contribution in [0.15, 0.2) is 58.8 Å². The van der Waals surface area contributed by atoms with Crippen molar-refractivity contribution in [2.45, 2.75) is 16.7 Å². The molecule has 1 heterocycles. The molecule has 0 unspecified atom stereocenters. The monoisotopic (exact) mass is 426 g/mol. The minimum atomic E-state index is -0.466. The normalized spacial score (nSPS) is 13.8. The summed E-state index contributed by atoms with van der Waals surface area (Å²) in [6.07, 6.45) is 0. The first-order valence-corrected chi connectivity index (χ1v) is 10.1. The number of nitro benzene ring substituents is 1. The van der Waals surface area contributed by atoms with Crippen molar-refractivity contribution in [2.75, 3.05) is 31.9 Å². The number of nitrogen functional groups attached to an aromatic ring is 1. The largest absolute Gasteiger partial charge is 0.399 e. The van der Waals surface area contributed by atoms with Gasteiger partial charge < -0.3 is 15.5 Å². The summed E-state index contributed by atoms with van der Waals surface area (Å²) in [5.41, 5.74) is 6.80. The third kappa shape index (κ3) is 4.80. The van der Waals surface area contributed by atoms with Gasteiger partial charge in [0.2, 0.25) is 5.91 Å². The topological polar surface area (TPSA) is 110 Å². The second-order valence-corrected chi connectivity index (χ2v) is 8.00. The third-order valence-electron chi connectivity index (χ3n) is 4.88. The number of hydrogen-bond donors (Lipinski definition) is 1. The molecule has 2 aromatic rings. The van der Waals surface area contributed by atoms with Crippen molar-refractivity contribution in [1.29, 1.82) is 0 Å². The first-order chi connectivity index (χ1) is 14.3. The van der Waals surface area contributed by atoms with Crippen molar-refractivity contribution in [2.24, 2.45) is 0 Å². The van der Waals surface area contributed by atoms with Crippen LogP contribution < -0.4 is 5.73 Å². The summed E-state index contributed by atoms with van der Waals surface area (Å²) in [6, 6.07) is 11.7. The quantitative estimate of drug-likeness (QED) is 0.341. The van der Waals surface area contributed by atoms with E-state index >= 15 is 0 Å². The zero-order chi connectivity index (χ0) is 21.8. The lowest BCUT2D eigenvalue weighted by molar-refractivity contribution is -0.387. The summed E-state index contributed by atoms with van der Waals surface area (Å²) in [7, 11) is 0. The molecular weight excluding hydrogens is 404 g/mol. The smallest absolute Gasteiger partial charge is 0.283 e. The molecule has 2 aromatic carbocycles. The maximum Gasteiger partial charge on any atom is 0.283 e. The molecule has 0 aromatic heterocycles. The van der Waals surface area contributed by atoms with Gasteiger partial charge in [0.05, 0.1) is 9.82 Å². The molecule has 0 radical (unpaired) electrons. The molecule has 9 heteroatoms. The minimum Gasteiger partial charge on any atom is -0.399 e. The number of carbonyl (C=O) groups is 2. The van der Waals surface area contributed by atoms with Crippen molar-refractivity contribution >= 4 is 40.5 Å². The molecule has 30 heavy (non-hydrogen) atoms. The van der Waals surface area contributed by atoms with Gasteiger partial charge in [-0.2, -0.15) is 0 Å². The van der Waals surface area contributed by atoms with Crippen LogP contribution in [-0.4, -0.2) is 52.7 Å². The summed E-state index contributed by atoms with van der Waals surface area (Å²) >= 11 is 1.25. The van der Waals surface area contributed by atoms with E-state index in [0.717, 1.165) is 4.90 Å². The maximum absolute atomic E-state index is 12.8. The summed E-state index contributed by atoms with van der Waals surface area (Å²) in [5, 5.41) is 11.6. The highest BCUT2D eigenvalue weighted by atomic mass is 32.2. The van der Waals surface area contributed by atoms with Crippen LogP contribution in [0.2, 0.25) is 0 Å². The Kier molecular flexibility index (Phi) is 6.41. The zero-order valence-electron chi connectivity index (χ0n) is 16.5. The van der Waals surface area contributed by atoms with Crippen LogP contribution in [0.4, 0.5) is 11.4 Å². The molecular formula is C21H22N4O4S. The van der Waals surface area contributed by atoms with Gasteiger partial charge in [0, 0.05) is 55.3 Å². The molecule has 8 nitrogen and oxygen atoms in total. The highest BCUT2D eigenvalue weighted by Crippen LogP contribution is 2.36. The molecule has 0 aliphatic carbocycles. The fourth-order valence-electron chi connectivity index (χ4n) is 3.14. The highest BCUT2D eigenvalue weighted by Gasteiger charge is 2.26. The Labute approximate surface area is 178 Å². The average molecular weight is 426 g/mol. The van der Waals surface area contributed by atoms with Crippen LogP contribution in [0.5, 0.6) is 0 Å². The lowest BCUT2D eigenvalue weighted by Crippen LogP contribution is -2.50. The van der Waals surface area contributed by atoms with Crippen molar-refractivity contribution < 1.29 is 14.5 Å². The maximum atomic E-state index is 12.8. The second kappa shape index (κ2) is 9.00. The molecule has 0 bridgehead atoms. The SMILES string of the molecule is C=C(C(=O)N1CCN(C(C)=O)CC1)c1ccc(Sc2ccc(N)cc2)c([N+](=O)[O-])c1. The van der Waals surface area contributed by atoms with E-state index in [0.29, 0.717) is 42.3 Å². The fourth-order valence-corrected chi connectivity index (χ4v) is 4.04. The second-order valence-electron chi connectivity index (χ2n) is 6.89. The molecule has 0 saturated carbocycles. The van der Waals surface area contributed by atoms with Gasteiger partial charge in [-0.15, -0.1) is 0 Å². The Morgan fingerprint density at radius 2 is 1.67 bits per heavy atom. The van der Waals surface area contributed by atoms with Gasteiger partial charge >= 0.3 is 0 Å². The van der Waals surface area contributed by atoms with Crippen LogP contribution in [0.3, 0.4) is 0 Å². The van der Waals surface area contributed by atoms with E-state index < -0.39 is 4.92 Å². The first kappa shape index (κ1) is 21.4. The molecule has 0 atom stereocenters. The van der Waals surface area contributed by atoms with Crippen LogP contribution in [0.25, 0.3) is 5.57 Å². The first-order valence-electron chi connectivity index (χ1n) is 9.32.